The van der Waals surface area contributed by atoms with E-state index in [1.807, 2.05) is 78.9 Å². The number of benzene rings is 3. The van der Waals surface area contributed by atoms with Crippen LogP contribution < -0.4 is 4.74 Å². The van der Waals surface area contributed by atoms with Gasteiger partial charge in [0.1, 0.15) is 5.75 Å². The van der Waals surface area contributed by atoms with E-state index in [9.17, 15) is 4.79 Å². The van der Waals surface area contributed by atoms with E-state index in [1.165, 1.54) is 0 Å². The zero-order chi connectivity index (χ0) is 17.6. The Labute approximate surface area is 155 Å². The van der Waals surface area contributed by atoms with Crippen molar-refractivity contribution in [3.63, 3.8) is 0 Å². The summed E-state index contributed by atoms with van der Waals surface area (Å²) >= 11 is 3.43. The minimum absolute atomic E-state index is 0.0156. The number of allylic oxidation sites excluding steroid dienone is 1. The van der Waals surface area contributed by atoms with Crippen LogP contribution in [0.3, 0.4) is 0 Å². The molecule has 0 aliphatic rings. The average molecular weight is 393 g/mol. The third-order valence-corrected chi connectivity index (χ3v) is 4.42. The molecule has 0 atom stereocenters. The molecule has 0 aliphatic carbocycles. The number of carbonyl (C=O) groups excluding carboxylic acids is 1. The molecule has 3 aromatic rings. The molecule has 3 rings (SSSR count). The predicted octanol–water partition coefficient (Wildman–Crippen LogP) is 6.02. The summed E-state index contributed by atoms with van der Waals surface area (Å²) in [5.41, 5.74) is 3.84. The third-order valence-electron chi connectivity index (χ3n) is 3.89. The Morgan fingerprint density at radius 2 is 1.40 bits per heavy atom. The molecule has 0 radical (unpaired) electrons. The number of hydrogen-bond acceptors (Lipinski definition) is 2. The van der Waals surface area contributed by atoms with Crippen molar-refractivity contribution in [1.82, 2.24) is 0 Å². The first-order valence-corrected chi connectivity index (χ1v) is 8.67. The van der Waals surface area contributed by atoms with Crippen molar-refractivity contribution in [2.24, 2.45) is 0 Å². The second-order valence-electron chi connectivity index (χ2n) is 5.55. The molecule has 0 heterocycles. The Balaban J connectivity index is 1.71. The van der Waals surface area contributed by atoms with Gasteiger partial charge in [-0.05, 0) is 47.0 Å². The van der Waals surface area contributed by atoms with E-state index in [0.717, 1.165) is 26.9 Å². The minimum Gasteiger partial charge on any atom is -0.497 e. The highest BCUT2D eigenvalue weighted by molar-refractivity contribution is 9.10. The smallest absolute Gasteiger partial charge is 0.185 e. The Kier molecular flexibility index (Phi) is 5.46. The van der Waals surface area contributed by atoms with Gasteiger partial charge in [-0.25, -0.2) is 0 Å². The number of ketones is 1. The Bertz CT molecular complexity index is 877. The van der Waals surface area contributed by atoms with Crippen LogP contribution in [0.25, 0.3) is 17.2 Å². The van der Waals surface area contributed by atoms with E-state index in [0.29, 0.717) is 5.56 Å². The highest BCUT2D eigenvalue weighted by atomic mass is 79.9. The summed E-state index contributed by atoms with van der Waals surface area (Å²) < 4.78 is 6.17. The van der Waals surface area contributed by atoms with E-state index < -0.39 is 0 Å². The van der Waals surface area contributed by atoms with Crippen molar-refractivity contribution in [2.75, 3.05) is 7.11 Å². The van der Waals surface area contributed by atoms with Gasteiger partial charge in [-0.15, -0.1) is 0 Å². The molecular formula is C22H17BrO2. The maximum absolute atomic E-state index is 12.3. The van der Waals surface area contributed by atoms with Crippen LogP contribution in [-0.4, -0.2) is 12.9 Å². The molecule has 3 aromatic carbocycles. The Morgan fingerprint density at radius 3 is 1.96 bits per heavy atom. The van der Waals surface area contributed by atoms with Crippen molar-refractivity contribution in [1.29, 1.82) is 0 Å². The maximum Gasteiger partial charge on any atom is 0.185 e. The van der Waals surface area contributed by atoms with Crippen molar-refractivity contribution < 1.29 is 9.53 Å². The molecule has 2 nitrogen and oxygen atoms in total. The molecule has 3 heteroatoms. The molecule has 0 saturated heterocycles. The van der Waals surface area contributed by atoms with Crippen LogP contribution in [-0.2, 0) is 0 Å². The molecule has 25 heavy (non-hydrogen) atoms. The summed E-state index contributed by atoms with van der Waals surface area (Å²) in [5.74, 6) is 0.783. The molecule has 0 amide bonds. The first-order chi connectivity index (χ1) is 12.2. The van der Waals surface area contributed by atoms with Crippen LogP contribution in [0.1, 0.15) is 15.9 Å². The van der Waals surface area contributed by atoms with Gasteiger partial charge < -0.3 is 4.74 Å². The van der Waals surface area contributed by atoms with Crippen LogP contribution in [0.4, 0.5) is 0 Å². The molecule has 0 bridgehead atoms. The number of hydrogen-bond donors (Lipinski definition) is 0. The first kappa shape index (κ1) is 17.2. The van der Waals surface area contributed by atoms with Crippen LogP contribution in [0.15, 0.2) is 83.3 Å². The number of methoxy groups -OCH3 is 1. The molecular weight excluding hydrogens is 376 g/mol. The summed E-state index contributed by atoms with van der Waals surface area (Å²) in [7, 11) is 1.63. The molecule has 124 valence electrons. The summed E-state index contributed by atoms with van der Waals surface area (Å²) in [6.07, 6.45) is 3.40. The van der Waals surface area contributed by atoms with Crippen LogP contribution in [0.5, 0.6) is 5.75 Å². The van der Waals surface area contributed by atoms with E-state index in [1.54, 1.807) is 13.2 Å². The second kappa shape index (κ2) is 7.95. The summed E-state index contributed by atoms with van der Waals surface area (Å²) in [5, 5.41) is 0. The van der Waals surface area contributed by atoms with Crippen molar-refractivity contribution in [3.05, 3.63) is 94.5 Å². The van der Waals surface area contributed by atoms with E-state index in [4.69, 9.17) is 4.74 Å². The van der Waals surface area contributed by atoms with Gasteiger partial charge in [0.25, 0.3) is 0 Å². The van der Waals surface area contributed by atoms with Crippen LogP contribution in [0, 0.1) is 0 Å². The van der Waals surface area contributed by atoms with Crippen molar-refractivity contribution >= 4 is 27.8 Å². The van der Waals surface area contributed by atoms with Gasteiger partial charge >= 0.3 is 0 Å². The monoisotopic (exact) mass is 392 g/mol. The number of rotatable bonds is 5. The van der Waals surface area contributed by atoms with Gasteiger partial charge in [-0.3, -0.25) is 4.79 Å². The quantitative estimate of drug-likeness (QED) is 0.391. The fraction of sp³-hybridized carbons (Fsp3) is 0.0455. The van der Waals surface area contributed by atoms with E-state index in [2.05, 4.69) is 15.9 Å². The third kappa shape index (κ3) is 4.46. The summed E-state index contributed by atoms with van der Waals surface area (Å²) in [4.78, 5) is 12.3. The SMILES string of the molecule is COc1ccc(C=CC(=O)c2ccc(-c3ccc(Br)cc3)cc2)cc1. The van der Waals surface area contributed by atoms with Gasteiger partial charge in [-0.2, -0.15) is 0 Å². The molecule has 0 saturated carbocycles. The topological polar surface area (TPSA) is 26.3 Å². The lowest BCUT2D eigenvalue weighted by Gasteiger charge is -2.03. The molecule has 0 spiro atoms. The van der Waals surface area contributed by atoms with Gasteiger partial charge in [0.05, 0.1) is 7.11 Å². The fourth-order valence-electron chi connectivity index (χ4n) is 2.45. The number of halogens is 1. The second-order valence-corrected chi connectivity index (χ2v) is 6.47. The molecule has 0 fully saturated rings. The molecule has 0 N–H and O–H groups in total. The fourth-order valence-corrected chi connectivity index (χ4v) is 2.72. The Morgan fingerprint density at radius 1 is 0.840 bits per heavy atom. The highest BCUT2D eigenvalue weighted by Crippen LogP contribution is 2.22. The zero-order valence-corrected chi connectivity index (χ0v) is 15.4. The Hall–Kier alpha value is -2.65. The van der Waals surface area contributed by atoms with E-state index >= 15 is 0 Å². The van der Waals surface area contributed by atoms with E-state index in [-0.39, 0.29) is 5.78 Å². The van der Waals surface area contributed by atoms with Crippen LogP contribution >= 0.6 is 15.9 Å². The lowest BCUT2D eigenvalue weighted by Crippen LogP contribution is -1.93. The largest absolute Gasteiger partial charge is 0.497 e. The molecule has 0 aliphatic heterocycles. The zero-order valence-electron chi connectivity index (χ0n) is 13.8. The average Bonchev–Trinajstić information content (AvgIpc) is 2.67. The number of carbonyl (C=O) groups is 1. The summed E-state index contributed by atoms with van der Waals surface area (Å²) in [6.45, 7) is 0. The first-order valence-electron chi connectivity index (χ1n) is 7.88. The van der Waals surface area contributed by atoms with Gasteiger partial charge in [0, 0.05) is 10.0 Å². The predicted molar refractivity (Wildman–Crippen MR) is 106 cm³/mol. The lowest BCUT2D eigenvalue weighted by atomic mass is 10.0. The van der Waals surface area contributed by atoms with Gasteiger partial charge in [-0.1, -0.05) is 70.5 Å². The van der Waals surface area contributed by atoms with Crippen LogP contribution in [0.2, 0.25) is 0 Å². The maximum atomic E-state index is 12.3. The molecule has 0 aromatic heterocycles. The normalized spacial score (nSPS) is 10.8. The van der Waals surface area contributed by atoms with Gasteiger partial charge in [0.2, 0.25) is 0 Å². The summed E-state index contributed by atoms with van der Waals surface area (Å²) in [6, 6.07) is 23.3. The number of ether oxygens (including phenoxy) is 1. The lowest BCUT2D eigenvalue weighted by molar-refractivity contribution is 0.104. The standard InChI is InChI=1S/C22H17BrO2/c1-25-21-13-2-16(3-14-21)4-15-22(24)19-7-5-17(6-8-19)18-9-11-20(23)12-10-18/h2-15H,1H3. The van der Waals surface area contributed by atoms with Crippen molar-refractivity contribution in [2.45, 2.75) is 0 Å². The highest BCUT2D eigenvalue weighted by Gasteiger charge is 2.03. The molecule has 0 unspecified atom stereocenters. The minimum atomic E-state index is -0.0156. The van der Waals surface area contributed by atoms with Gasteiger partial charge in [0.15, 0.2) is 5.78 Å². The van der Waals surface area contributed by atoms with Crippen molar-refractivity contribution in [3.8, 4) is 16.9 Å².